The number of benzene rings is 1. The van der Waals surface area contributed by atoms with Crippen molar-refractivity contribution in [1.82, 2.24) is 4.98 Å². The Bertz CT molecular complexity index is 499. The number of fused-ring (bicyclic) bond motifs is 1. The molecule has 4 heteroatoms. The Kier molecular flexibility index (Phi) is 2.73. The zero-order valence-corrected chi connectivity index (χ0v) is 8.78. The zero-order chi connectivity index (χ0) is 11.6. The minimum Gasteiger partial charge on any atom is -0.431 e. The van der Waals surface area contributed by atoms with Gasteiger partial charge in [-0.1, -0.05) is 25.1 Å². The number of nitrogens with zero attached hydrogens (tertiary/aromatic N) is 1. The molecule has 0 saturated carbocycles. The zero-order valence-electron chi connectivity index (χ0n) is 8.78. The van der Waals surface area contributed by atoms with Gasteiger partial charge in [0.1, 0.15) is 5.75 Å². The fourth-order valence-electron chi connectivity index (χ4n) is 1.35. The number of alkyl halides is 2. The van der Waals surface area contributed by atoms with Crippen LogP contribution in [0.4, 0.5) is 8.78 Å². The first-order valence-corrected chi connectivity index (χ1v) is 5.02. The largest absolute Gasteiger partial charge is 0.431 e. The summed E-state index contributed by atoms with van der Waals surface area (Å²) in [6, 6.07) is 8.85. The van der Waals surface area contributed by atoms with E-state index in [1.54, 1.807) is 12.1 Å². The Morgan fingerprint density at radius 3 is 2.81 bits per heavy atom. The van der Waals surface area contributed by atoms with Crippen LogP contribution in [-0.2, 0) is 0 Å². The van der Waals surface area contributed by atoms with Crippen molar-refractivity contribution in [3.05, 3.63) is 36.5 Å². The number of para-hydroxylation sites is 1. The maximum atomic E-state index is 13.0. The average molecular weight is 223 g/mol. The molecule has 0 unspecified atom stereocenters. The van der Waals surface area contributed by atoms with Gasteiger partial charge in [0.25, 0.3) is 0 Å². The molecule has 1 aromatic heterocycles. The van der Waals surface area contributed by atoms with E-state index in [1.807, 2.05) is 18.2 Å². The fraction of sp³-hybridized carbons (Fsp3) is 0.250. The number of ether oxygens (including phenoxy) is 1. The maximum absolute atomic E-state index is 13.0. The molecule has 2 nitrogen and oxygen atoms in total. The summed E-state index contributed by atoms with van der Waals surface area (Å²) in [5, 5.41) is 0.784. The van der Waals surface area contributed by atoms with E-state index in [4.69, 9.17) is 0 Å². The van der Waals surface area contributed by atoms with Gasteiger partial charge in [-0.15, -0.1) is 0 Å². The van der Waals surface area contributed by atoms with Crippen molar-refractivity contribution >= 4 is 10.9 Å². The fourth-order valence-corrected chi connectivity index (χ4v) is 1.35. The lowest BCUT2D eigenvalue weighted by atomic mass is 10.2. The summed E-state index contributed by atoms with van der Waals surface area (Å²) in [6.45, 7) is 1.37. The lowest BCUT2D eigenvalue weighted by Crippen LogP contribution is -2.23. The van der Waals surface area contributed by atoms with Crippen molar-refractivity contribution in [1.29, 1.82) is 0 Å². The molecule has 0 radical (unpaired) electrons. The molecule has 84 valence electrons. The van der Waals surface area contributed by atoms with E-state index >= 15 is 0 Å². The second-order valence-electron chi connectivity index (χ2n) is 3.46. The van der Waals surface area contributed by atoms with Gasteiger partial charge in [0, 0.05) is 11.8 Å². The van der Waals surface area contributed by atoms with Gasteiger partial charge in [-0.05, 0) is 12.1 Å². The number of hydrogen-bond donors (Lipinski definition) is 0. The van der Waals surface area contributed by atoms with E-state index in [9.17, 15) is 8.78 Å². The quantitative estimate of drug-likeness (QED) is 0.792. The highest BCUT2D eigenvalue weighted by atomic mass is 19.3. The third kappa shape index (κ3) is 2.27. The van der Waals surface area contributed by atoms with Gasteiger partial charge in [-0.2, -0.15) is 8.78 Å². The van der Waals surface area contributed by atoms with E-state index in [1.165, 1.54) is 13.1 Å². The van der Waals surface area contributed by atoms with Crippen molar-refractivity contribution in [3.63, 3.8) is 0 Å². The molecule has 0 bridgehead atoms. The van der Waals surface area contributed by atoms with Crippen LogP contribution in [-0.4, -0.2) is 11.1 Å². The molecule has 2 aromatic rings. The third-order valence-electron chi connectivity index (χ3n) is 2.24. The first-order valence-electron chi connectivity index (χ1n) is 5.02. The highest BCUT2D eigenvalue weighted by Crippen LogP contribution is 2.25. The Morgan fingerprint density at radius 2 is 2.06 bits per heavy atom. The number of hydrogen-bond acceptors (Lipinski definition) is 2. The Balaban J connectivity index is 2.33. The Morgan fingerprint density at radius 1 is 1.31 bits per heavy atom. The van der Waals surface area contributed by atoms with E-state index in [0.29, 0.717) is 0 Å². The second kappa shape index (κ2) is 4.04. The topological polar surface area (TPSA) is 22.1 Å². The molecule has 1 heterocycles. The van der Waals surface area contributed by atoms with Crippen molar-refractivity contribution in [3.8, 4) is 5.75 Å². The second-order valence-corrected chi connectivity index (χ2v) is 3.46. The summed E-state index contributed by atoms with van der Waals surface area (Å²) >= 11 is 0. The number of halogens is 2. The van der Waals surface area contributed by atoms with Crippen molar-refractivity contribution in [2.75, 3.05) is 0 Å². The van der Waals surface area contributed by atoms with Gasteiger partial charge in [-0.3, -0.25) is 4.98 Å². The van der Waals surface area contributed by atoms with Crippen LogP contribution in [0.25, 0.3) is 10.9 Å². The number of pyridine rings is 1. The van der Waals surface area contributed by atoms with Crippen LogP contribution in [0.2, 0.25) is 0 Å². The van der Waals surface area contributed by atoms with Crippen molar-refractivity contribution in [2.24, 2.45) is 0 Å². The monoisotopic (exact) mass is 223 g/mol. The third-order valence-corrected chi connectivity index (χ3v) is 2.24. The summed E-state index contributed by atoms with van der Waals surface area (Å²) in [4.78, 5) is 4.04. The van der Waals surface area contributed by atoms with Crippen molar-refractivity contribution < 1.29 is 13.5 Å². The molecule has 0 fully saturated rings. The molecular weight excluding hydrogens is 212 g/mol. The molecule has 0 saturated heterocycles. The first-order chi connectivity index (χ1) is 7.61. The molecule has 0 N–H and O–H groups in total. The van der Waals surface area contributed by atoms with Crippen LogP contribution in [0.15, 0.2) is 36.5 Å². The van der Waals surface area contributed by atoms with E-state index in [-0.39, 0.29) is 12.2 Å². The minimum atomic E-state index is -3.13. The van der Waals surface area contributed by atoms with E-state index in [0.717, 1.165) is 10.9 Å². The van der Waals surface area contributed by atoms with Gasteiger partial charge < -0.3 is 4.74 Å². The Hall–Kier alpha value is -1.71. The molecule has 16 heavy (non-hydrogen) atoms. The van der Waals surface area contributed by atoms with Crippen LogP contribution in [0.1, 0.15) is 13.3 Å². The number of aromatic nitrogens is 1. The summed E-state index contributed by atoms with van der Waals surface area (Å²) < 4.78 is 30.5. The first kappa shape index (κ1) is 10.8. The summed E-state index contributed by atoms with van der Waals surface area (Å²) in [6.07, 6.45) is -2.18. The molecule has 0 amide bonds. The van der Waals surface area contributed by atoms with Crippen LogP contribution >= 0.6 is 0 Å². The average Bonchev–Trinajstić information content (AvgIpc) is 2.28. The normalized spacial score (nSPS) is 11.7. The predicted octanol–water partition coefficient (Wildman–Crippen LogP) is 3.62. The molecule has 2 rings (SSSR count). The van der Waals surface area contributed by atoms with Crippen LogP contribution in [0.5, 0.6) is 5.75 Å². The predicted molar refractivity (Wildman–Crippen MR) is 57.6 cm³/mol. The highest BCUT2D eigenvalue weighted by molar-refractivity contribution is 5.79. The van der Waals surface area contributed by atoms with Crippen LogP contribution in [0.3, 0.4) is 0 Å². The smallest absolute Gasteiger partial charge is 0.397 e. The standard InChI is InChI=1S/C12H11F2NO/c1-2-12(13,14)16-10-7-9-5-3-4-6-11(9)15-8-10/h3-8H,2H2,1H3. The van der Waals surface area contributed by atoms with Gasteiger partial charge in [-0.25, -0.2) is 0 Å². The Labute approximate surface area is 91.9 Å². The van der Waals surface area contributed by atoms with Crippen LogP contribution < -0.4 is 4.74 Å². The molecule has 0 aliphatic carbocycles. The lowest BCUT2D eigenvalue weighted by Gasteiger charge is -2.15. The summed E-state index contributed by atoms with van der Waals surface area (Å²) in [5.41, 5.74) is 0.759. The minimum absolute atomic E-state index is 0.0885. The lowest BCUT2D eigenvalue weighted by molar-refractivity contribution is -0.177. The molecule has 0 spiro atoms. The summed E-state index contributed by atoms with van der Waals surface area (Å²) in [7, 11) is 0. The molecule has 0 atom stereocenters. The van der Waals surface area contributed by atoms with Crippen molar-refractivity contribution in [2.45, 2.75) is 19.5 Å². The van der Waals surface area contributed by atoms with Gasteiger partial charge in [0.2, 0.25) is 0 Å². The number of rotatable bonds is 3. The van der Waals surface area contributed by atoms with Gasteiger partial charge >= 0.3 is 6.11 Å². The molecular formula is C12H11F2NO. The van der Waals surface area contributed by atoms with E-state index < -0.39 is 6.11 Å². The molecule has 0 aliphatic heterocycles. The van der Waals surface area contributed by atoms with Crippen LogP contribution in [0, 0.1) is 0 Å². The molecule has 0 aliphatic rings. The highest BCUT2D eigenvalue weighted by Gasteiger charge is 2.28. The summed E-state index contributed by atoms with van der Waals surface area (Å²) in [5.74, 6) is 0.0885. The van der Waals surface area contributed by atoms with E-state index in [2.05, 4.69) is 9.72 Å². The molecule has 1 aromatic carbocycles. The van der Waals surface area contributed by atoms with Gasteiger partial charge in [0.05, 0.1) is 11.7 Å². The SMILES string of the molecule is CCC(F)(F)Oc1cnc2ccccc2c1. The maximum Gasteiger partial charge on any atom is 0.397 e. The van der Waals surface area contributed by atoms with Gasteiger partial charge in [0.15, 0.2) is 0 Å².